The number of nitrogens with zero attached hydrogens (tertiary/aromatic N) is 1. The first kappa shape index (κ1) is 17.1. The van der Waals surface area contributed by atoms with Gasteiger partial charge < -0.3 is 10.2 Å². The van der Waals surface area contributed by atoms with Crippen LogP contribution in [0.2, 0.25) is 0 Å². The highest BCUT2D eigenvalue weighted by Crippen LogP contribution is 2.13. The van der Waals surface area contributed by atoms with Crippen molar-refractivity contribution in [3.63, 3.8) is 0 Å². The van der Waals surface area contributed by atoms with Crippen LogP contribution < -0.4 is 10.2 Å². The first-order chi connectivity index (χ1) is 11.1. The normalized spacial score (nSPS) is 10.3. The minimum Gasteiger partial charge on any atom is -0.378 e. The summed E-state index contributed by atoms with van der Waals surface area (Å²) in [5.41, 5.74) is 3.74. The number of benzene rings is 2. The van der Waals surface area contributed by atoms with Crippen LogP contribution in [0, 0.1) is 0 Å². The van der Waals surface area contributed by atoms with E-state index in [0.29, 0.717) is 6.42 Å². The van der Waals surface area contributed by atoms with Crippen molar-refractivity contribution in [1.82, 2.24) is 5.32 Å². The highest BCUT2D eigenvalue weighted by Gasteiger charge is 2.02. The standard InChI is InChI=1S/C20H26N2O/c1-22(2)19-13-10-18(11-14-19)9-6-16-21-20(23)15-12-17-7-4-3-5-8-17/h3-5,7-8,10-11,13-14H,6,9,12,15-16H2,1-2H3,(H,21,23). The van der Waals surface area contributed by atoms with Gasteiger partial charge in [-0.05, 0) is 42.5 Å². The van der Waals surface area contributed by atoms with E-state index in [1.165, 1.54) is 16.8 Å². The van der Waals surface area contributed by atoms with Gasteiger partial charge in [0.1, 0.15) is 0 Å². The van der Waals surface area contributed by atoms with E-state index in [-0.39, 0.29) is 5.91 Å². The quantitative estimate of drug-likeness (QED) is 0.758. The van der Waals surface area contributed by atoms with Crippen LogP contribution in [0.4, 0.5) is 5.69 Å². The van der Waals surface area contributed by atoms with Gasteiger partial charge in [-0.3, -0.25) is 4.79 Å². The SMILES string of the molecule is CN(C)c1ccc(CCCNC(=O)CCc2ccccc2)cc1. The summed E-state index contributed by atoms with van der Waals surface area (Å²) in [6, 6.07) is 18.7. The molecule has 0 fully saturated rings. The third kappa shape index (κ3) is 6.15. The van der Waals surface area contributed by atoms with Crippen LogP contribution in [-0.4, -0.2) is 26.5 Å². The van der Waals surface area contributed by atoms with Gasteiger partial charge in [0.05, 0.1) is 0 Å². The molecule has 0 aliphatic heterocycles. The van der Waals surface area contributed by atoms with Gasteiger partial charge in [0.15, 0.2) is 0 Å². The molecule has 0 atom stereocenters. The van der Waals surface area contributed by atoms with Crippen molar-refractivity contribution in [3.05, 3.63) is 65.7 Å². The van der Waals surface area contributed by atoms with E-state index >= 15 is 0 Å². The topological polar surface area (TPSA) is 32.3 Å². The average molecular weight is 310 g/mol. The molecule has 1 N–H and O–H groups in total. The number of anilines is 1. The van der Waals surface area contributed by atoms with Crippen LogP contribution in [0.25, 0.3) is 0 Å². The van der Waals surface area contributed by atoms with Crippen molar-refractivity contribution in [2.45, 2.75) is 25.7 Å². The largest absolute Gasteiger partial charge is 0.378 e. The highest BCUT2D eigenvalue weighted by molar-refractivity contribution is 5.76. The summed E-state index contributed by atoms with van der Waals surface area (Å²) in [7, 11) is 4.08. The molecule has 0 aliphatic rings. The Morgan fingerprint density at radius 2 is 1.57 bits per heavy atom. The number of aryl methyl sites for hydroxylation is 2. The van der Waals surface area contributed by atoms with E-state index in [1.807, 2.05) is 32.3 Å². The Labute approximate surface area is 139 Å². The molecule has 0 aromatic heterocycles. The zero-order chi connectivity index (χ0) is 16.5. The fraction of sp³-hybridized carbons (Fsp3) is 0.350. The fourth-order valence-electron chi connectivity index (χ4n) is 2.47. The molecule has 23 heavy (non-hydrogen) atoms. The number of amides is 1. The minimum atomic E-state index is 0.136. The lowest BCUT2D eigenvalue weighted by molar-refractivity contribution is -0.121. The maximum Gasteiger partial charge on any atom is 0.220 e. The lowest BCUT2D eigenvalue weighted by Gasteiger charge is -2.12. The van der Waals surface area contributed by atoms with E-state index in [2.05, 4.69) is 46.6 Å². The van der Waals surface area contributed by atoms with Crippen LogP contribution in [0.5, 0.6) is 0 Å². The second-order valence-corrected chi connectivity index (χ2v) is 6.00. The predicted molar refractivity (Wildman–Crippen MR) is 96.9 cm³/mol. The molecule has 0 bridgehead atoms. The molecule has 3 nitrogen and oxygen atoms in total. The van der Waals surface area contributed by atoms with E-state index in [0.717, 1.165) is 25.8 Å². The Hall–Kier alpha value is -2.29. The van der Waals surface area contributed by atoms with Crippen LogP contribution in [0.15, 0.2) is 54.6 Å². The third-order valence-electron chi connectivity index (χ3n) is 3.90. The van der Waals surface area contributed by atoms with Crippen LogP contribution in [-0.2, 0) is 17.6 Å². The smallest absolute Gasteiger partial charge is 0.220 e. The molecule has 0 spiro atoms. The molecule has 2 aromatic rings. The Morgan fingerprint density at radius 3 is 2.22 bits per heavy atom. The zero-order valence-corrected chi connectivity index (χ0v) is 14.1. The summed E-state index contributed by atoms with van der Waals surface area (Å²) in [6.07, 6.45) is 3.32. The second kappa shape index (κ2) is 8.99. The van der Waals surface area contributed by atoms with Crippen molar-refractivity contribution < 1.29 is 4.79 Å². The Kier molecular flexibility index (Phi) is 6.67. The molecular formula is C20H26N2O. The first-order valence-corrected chi connectivity index (χ1v) is 8.22. The van der Waals surface area contributed by atoms with Crippen molar-refractivity contribution in [2.75, 3.05) is 25.5 Å². The molecule has 0 heterocycles. The Morgan fingerprint density at radius 1 is 0.913 bits per heavy atom. The zero-order valence-electron chi connectivity index (χ0n) is 14.1. The molecule has 1 amide bonds. The number of hydrogen-bond acceptors (Lipinski definition) is 2. The molecule has 0 radical (unpaired) electrons. The number of hydrogen-bond donors (Lipinski definition) is 1. The first-order valence-electron chi connectivity index (χ1n) is 8.22. The third-order valence-corrected chi connectivity index (χ3v) is 3.90. The van der Waals surface area contributed by atoms with Gasteiger partial charge >= 0.3 is 0 Å². The number of carbonyl (C=O) groups is 1. The molecule has 0 unspecified atom stereocenters. The van der Waals surface area contributed by atoms with Gasteiger partial charge in [-0.15, -0.1) is 0 Å². The van der Waals surface area contributed by atoms with Crippen molar-refractivity contribution in [1.29, 1.82) is 0 Å². The summed E-state index contributed by atoms with van der Waals surface area (Å²) in [4.78, 5) is 13.9. The van der Waals surface area contributed by atoms with E-state index in [4.69, 9.17) is 0 Å². The van der Waals surface area contributed by atoms with Gasteiger partial charge in [-0.1, -0.05) is 42.5 Å². The lowest BCUT2D eigenvalue weighted by atomic mass is 10.1. The average Bonchev–Trinajstić information content (AvgIpc) is 2.58. The second-order valence-electron chi connectivity index (χ2n) is 6.00. The molecule has 0 saturated carbocycles. The van der Waals surface area contributed by atoms with Crippen LogP contribution in [0.1, 0.15) is 24.0 Å². The summed E-state index contributed by atoms with van der Waals surface area (Å²) in [6.45, 7) is 0.739. The molecule has 3 heteroatoms. The van der Waals surface area contributed by atoms with Crippen molar-refractivity contribution in [3.8, 4) is 0 Å². The summed E-state index contributed by atoms with van der Waals surface area (Å²) >= 11 is 0. The number of nitrogens with one attached hydrogen (secondary N) is 1. The molecule has 122 valence electrons. The van der Waals surface area contributed by atoms with E-state index < -0.39 is 0 Å². The van der Waals surface area contributed by atoms with Gasteiger partial charge in [-0.2, -0.15) is 0 Å². The van der Waals surface area contributed by atoms with Gasteiger partial charge in [-0.25, -0.2) is 0 Å². The maximum atomic E-state index is 11.8. The highest BCUT2D eigenvalue weighted by atomic mass is 16.1. The molecule has 2 rings (SSSR count). The van der Waals surface area contributed by atoms with Gasteiger partial charge in [0.2, 0.25) is 5.91 Å². The Bertz CT molecular complexity index is 591. The number of carbonyl (C=O) groups excluding carboxylic acids is 1. The van der Waals surface area contributed by atoms with Crippen LogP contribution in [0.3, 0.4) is 0 Å². The predicted octanol–water partition coefficient (Wildman–Crippen LogP) is 3.43. The Balaban J connectivity index is 1.62. The maximum absolute atomic E-state index is 11.8. The lowest BCUT2D eigenvalue weighted by Crippen LogP contribution is -2.24. The molecule has 2 aromatic carbocycles. The number of rotatable bonds is 8. The molecule has 0 aliphatic carbocycles. The van der Waals surface area contributed by atoms with Crippen LogP contribution >= 0.6 is 0 Å². The monoisotopic (exact) mass is 310 g/mol. The molecular weight excluding hydrogens is 284 g/mol. The van der Waals surface area contributed by atoms with Gasteiger partial charge in [0.25, 0.3) is 0 Å². The fourth-order valence-corrected chi connectivity index (χ4v) is 2.47. The summed E-state index contributed by atoms with van der Waals surface area (Å²) in [5.74, 6) is 0.136. The van der Waals surface area contributed by atoms with Gasteiger partial charge in [0, 0.05) is 32.7 Å². The summed E-state index contributed by atoms with van der Waals surface area (Å²) < 4.78 is 0. The van der Waals surface area contributed by atoms with Crippen molar-refractivity contribution in [2.24, 2.45) is 0 Å². The minimum absolute atomic E-state index is 0.136. The molecule has 0 saturated heterocycles. The van der Waals surface area contributed by atoms with E-state index in [9.17, 15) is 4.79 Å². The summed E-state index contributed by atoms with van der Waals surface area (Å²) in [5, 5.41) is 3.01. The van der Waals surface area contributed by atoms with Crippen molar-refractivity contribution >= 4 is 11.6 Å². The van der Waals surface area contributed by atoms with E-state index in [1.54, 1.807) is 0 Å².